The summed E-state index contributed by atoms with van der Waals surface area (Å²) in [5.74, 6) is 0. The summed E-state index contributed by atoms with van der Waals surface area (Å²) >= 11 is 0. The van der Waals surface area contributed by atoms with Crippen LogP contribution >= 0.6 is 0 Å². The molecule has 0 saturated carbocycles. The fourth-order valence-electron chi connectivity index (χ4n) is 1.53. The van der Waals surface area contributed by atoms with Crippen LogP contribution in [-0.2, 0) is 6.42 Å². The molecule has 1 aliphatic heterocycles. The SMILES string of the molecule is Cc1ccc2c(c1)CC[B]2. The van der Waals surface area contributed by atoms with Crippen LogP contribution in [0, 0.1) is 6.92 Å². The Morgan fingerprint density at radius 1 is 1.40 bits per heavy atom. The fraction of sp³-hybridized carbons (Fsp3) is 0.333. The van der Waals surface area contributed by atoms with E-state index in [1.807, 2.05) is 0 Å². The van der Waals surface area contributed by atoms with E-state index in [9.17, 15) is 0 Å². The van der Waals surface area contributed by atoms with Gasteiger partial charge in [-0.3, -0.25) is 0 Å². The normalized spacial score (nSPS) is 14.5. The van der Waals surface area contributed by atoms with Crippen molar-refractivity contribution in [2.45, 2.75) is 19.7 Å². The number of benzene rings is 1. The molecule has 1 heteroatoms. The first-order chi connectivity index (χ1) is 4.86. The summed E-state index contributed by atoms with van der Waals surface area (Å²) in [6.07, 6.45) is 2.48. The minimum atomic E-state index is 1.23. The molecule has 0 fully saturated rings. The van der Waals surface area contributed by atoms with Gasteiger partial charge in [0.15, 0.2) is 7.28 Å². The molecule has 1 aromatic rings. The van der Waals surface area contributed by atoms with E-state index in [1.165, 1.54) is 29.3 Å². The molecule has 1 heterocycles. The van der Waals surface area contributed by atoms with Gasteiger partial charge in [0.25, 0.3) is 0 Å². The maximum atomic E-state index is 2.31. The van der Waals surface area contributed by atoms with Crippen LogP contribution < -0.4 is 5.46 Å². The van der Waals surface area contributed by atoms with Crippen molar-refractivity contribution < 1.29 is 0 Å². The van der Waals surface area contributed by atoms with Gasteiger partial charge in [0.05, 0.1) is 0 Å². The van der Waals surface area contributed by atoms with Crippen LogP contribution in [-0.4, -0.2) is 7.28 Å². The first kappa shape index (κ1) is 6.02. The summed E-state index contributed by atoms with van der Waals surface area (Å²) in [4.78, 5) is 0. The van der Waals surface area contributed by atoms with E-state index in [1.54, 1.807) is 0 Å². The second-order valence-corrected chi connectivity index (χ2v) is 2.95. The lowest BCUT2D eigenvalue weighted by molar-refractivity contribution is 1.17. The summed E-state index contributed by atoms with van der Waals surface area (Å²) in [7, 11) is 2.31. The average molecular weight is 129 g/mol. The lowest BCUT2D eigenvalue weighted by atomic mass is 9.72. The summed E-state index contributed by atoms with van der Waals surface area (Å²) in [5, 5.41) is 0. The summed E-state index contributed by atoms with van der Waals surface area (Å²) < 4.78 is 0. The van der Waals surface area contributed by atoms with Crippen molar-refractivity contribution in [1.29, 1.82) is 0 Å². The van der Waals surface area contributed by atoms with Gasteiger partial charge in [0.2, 0.25) is 0 Å². The van der Waals surface area contributed by atoms with Crippen molar-refractivity contribution in [3.05, 3.63) is 29.3 Å². The van der Waals surface area contributed by atoms with Crippen LogP contribution in [0.4, 0.5) is 0 Å². The molecule has 1 aromatic carbocycles. The molecule has 0 bridgehead atoms. The van der Waals surface area contributed by atoms with Gasteiger partial charge in [0.1, 0.15) is 0 Å². The summed E-state index contributed by atoms with van der Waals surface area (Å²) in [6, 6.07) is 6.69. The lowest BCUT2D eigenvalue weighted by Gasteiger charge is -1.98. The standard InChI is InChI=1S/C9H10B/c1-7-2-3-9-8(6-7)4-5-10-9/h2-3,6H,4-5H2,1H3. The molecule has 1 aliphatic rings. The highest BCUT2D eigenvalue weighted by Gasteiger charge is 2.10. The Labute approximate surface area is 62.5 Å². The third-order valence-corrected chi connectivity index (χ3v) is 2.08. The first-order valence-corrected chi connectivity index (χ1v) is 3.79. The van der Waals surface area contributed by atoms with E-state index in [0.29, 0.717) is 0 Å². The first-order valence-electron chi connectivity index (χ1n) is 3.79. The molecule has 0 atom stereocenters. The Kier molecular flexibility index (Phi) is 1.30. The molecular formula is C9H10B. The van der Waals surface area contributed by atoms with Gasteiger partial charge in [-0.2, -0.15) is 0 Å². The molecule has 0 amide bonds. The van der Waals surface area contributed by atoms with E-state index < -0.39 is 0 Å². The fourth-order valence-corrected chi connectivity index (χ4v) is 1.53. The molecule has 0 spiro atoms. The predicted molar refractivity (Wildman–Crippen MR) is 45.1 cm³/mol. The van der Waals surface area contributed by atoms with E-state index in [0.717, 1.165) is 0 Å². The minimum absolute atomic E-state index is 1.23. The molecule has 0 aromatic heterocycles. The Hall–Kier alpha value is -0.715. The van der Waals surface area contributed by atoms with Crippen molar-refractivity contribution in [1.82, 2.24) is 0 Å². The molecule has 1 radical (unpaired) electrons. The van der Waals surface area contributed by atoms with E-state index in [2.05, 4.69) is 32.4 Å². The highest BCUT2D eigenvalue weighted by molar-refractivity contribution is 6.55. The highest BCUT2D eigenvalue weighted by Crippen LogP contribution is 2.09. The van der Waals surface area contributed by atoms with Gasteiger partial charge in [-0.1, -0.05) is 41.1 Å². The average Bonchev–Trinajstić information content (AvgIpc) is 2.33. The van der Waals surface area contributed by atoms with Crippen molar-refractivity contribution >= 4 is 12.7 Å². The molecule has 0 saturated heterocycles. The van der Waals surface area contributed by atoms with Crippen molar-refractivity contribution in [2.24, 2.45) is 0 Å². The van der Waals surface area contributed by atoms with Gasteiger partial charge < -0.3 is 0 Å². The van der Waals surface area contributed by atoms with Gasteiger partial charge in [-0.25, -0.2) is 0 Å². The number of hydrogen-bond donors (Lipinski definition) is 0. The predicted octanol–water partition coefficient (Wildman–Crippen LogP) is 1.30. The maximum Gasteiger partial charge on any atom is 0.152 e. The van der Waals surface area contributed by atoms with E-state index in [-0.39, 0.29) is 0 Å². The molecule has 0 N–H and O–H groups in total. The number of fused-ring (bicyclic) bond motifs is 1. The van der Waals surface area contributed by atoms with Crippen LogP contribution in [0.2, 0.25) is 6.32 Å². The van der Waals surface area contributed by atoms with Crippen LogP contribution in [0.1, 0.15) is 11.1 Å². The second kappa shape index (κ2) is 2.15. The second-order valence-electron chi connectivity index (χ2n) is 2.95. The van der Waals surface area contributed by atoms with Crippen molar-refractivity contribution in [3.63, 3.8) is 0 Å². The number of hydrogen-bond acceptors (Lipinski definition) is 0. The molecule has 2 rings (SSSR count). The summed E-state index contributed by atoms with van der Waals surface area (Å²) in [5.41, 5.74) is 4.36. The monoisotopic (exact) mass is 129 g/mol. The van der Waals surface area contributed by atoms with E-state index in [4.69, 9.17) is 0 Å². The highest BCUT2D eigenvalue weighted by atomic mass is 14.0. The largest absolute Gasteiger partial charge is 0.152 e. The number of rotatable bonds is 0. The molecule has 0 nitrogen and oxygen atoms in total. The van der Waals surface area contributed by atoms with Gasteiger partial charge in [-0.05, 0) is 13.3 Å². The van der Waals surface area contributed by atoms with Crippen LogP contribution in [0.3, 0.4) is 0 Å². The third-order valence-electron chi connectivity index (χ3n) is 2.08. The molecule has 0 aliphatic carbocycles. The Morgan fingerprint density at radius 3 is 3.20 bits per heavy atom. The molecule has 0 unspecified atom stereocenters. The van der Waals surface area contributed by atoms with Crippen molar-refractivity contribution in [3.8, 4) is 0 Å². The quantitative estimate of drug-likeness (QED) is 0.463. The zero-order valence-electron chi connectivity index (χ0n) is 6.22. The van der Waals surface area contributed by atoms with Crippen LogP contribution in [0.5, 0.6) is 0 Å². The molecule has 10 heavy (non-hydrogen) atoms. The molecule has 49 valence electrons. The topological polar surface area (TPSA) is 0 Å². The minimum Gasteiger partial charge on any atom is -0.0847 e. The third kappa shape index (κ3) is 0.861. The number of aryl methyl sites for hydroxylation is 2. The Bertz CT molecular complexity index is 253. The van der Waals surface area contributed by atoms with Gasteiger partial charge in [0, 0.05) is 0 Å². The zero-order valence-corrected chi connectivity index (χ0v) is 6.22. The van der Waals surface area contributed by atoms with Crippen LogP contribution in [0.25, 0.3) is 0 Å². The Morgan fingerprint density at radius 2 is 2.30 bits per heavy atom. The summed E-state index contributed by atoms with van der Waals surface area (Å²) in [6.45, 7) is 2.15. The van der Waals surface area contributed by atoms with Crippen molar-refractivity contribution in [2.75, 3.05) is 0 Å². The van der Waals surface area contributed by atoms with Gasteiger partial charge >= 0.3 is 0 Å². The Balaban J connectivity index is 2.52. The maximum absolute atomic E-state index is 2.31. The van der Waals surface area contributed by atoms with Crippen LogP contribution in [0.15, 0.2) is 18.2 Å². The zero-order chi connectivity index (χ0) is 6.97. The lowest BCUT2D eigenvalue weighted by Crippen LogP contribution is -2.09. The smallest absolute Gasteiger partial charge is 0.0847 e. The van der Waals surface area contributed by atoms with Gasteiger partial charge in [-0.15, -0.1) is 0 Å². The van der Waals surface area contributed by atoms with E-state index >= 15 is 0 Å². The molecular weight excluding hydrogens is 119 g/mol.